The van der Waals surface area contributed by atoms with Crippen LogP contribution in [0.1, 0.15) is 19.8 Å². The third-order valence-electron chi connectivity index (χ3n) is 1.20. The van der Waals surface area contributed by atoms with Gasteiger partial charge in [0.05, 0.1) is 16.6 Å². The molecule has 0 aliphatic heterocycles. The third kappa shape index (κ3) is 6.28. The van der Waals surface area contributed by atoms with Crippen molar-refractivity contribution in [2.45, 2.75) is 19.8 Å². The average molecular weight is 180 g/mol. The van der Waals surface area contributed by atoms with E-state index >= 15 is 0 Å². The van der Waals surface area contributed by atoms with Crippen LogP contribution in [-0.2, 0) is 10.0 Å². The van der Waals surface area contributed by atoms with Gasteiger partial charge in [0.1, 0.15) is 0 Å². The summed E-state index contributed by atoms with van der Waals surface area (Å²) in [6.07, 6.45) is 1.59. The van der Waals surface area contributed by atoms with E-state index in [0.29, 0.717) is 19.5 Å². The van der Waals surface area contributed by atoms with Gasteiger partial charge in [0.15, 0.2) is 0 Å². The molecule has 0 amide bonds. The fraction of sp³-hybridized carbons (Fsp3) is 1.00. The molecule has 0 aromatic rings. The number of sulfonamides is 1. The summed E-state index contributed by atoms with van der Waals surface area (Å²) in [6, 6.07) is 0. The molecule has 0 rings (SSSR count). The zero-order chi connectivity index (χ0) is 8.74. The average Bonchev–Trinajstić information content (AvgIpc) is 1.97. The van der Waals surface area contributed by atoms with Crippen LogP contribution in [-0.4, -0.2) is 27.3 Å². The molecule has 0 aromatic carbocycles. The summed E-state index contributed by atoms with van der Waals surface area (Å²) in [6.45, 7) is 2.83. The molecule has 0 unspecified atom stereocenters. The maximum Gasteiger partial charge on any atom is 0.0723 e. The van der Waals surface area contributed by atoms with E-state index in [1.165, 1.54) is 0 Å². The van der Waals surface area contributed by atoms with Crippen molar-refractivity contribution in [2.75, 3.05) is 18.8 Å². The number of quaternary nitrogens is 1. The third-order valence-corrected chi connectivity index (χ3v) is 2.58. The van der Waals surface area contributed by atoms with E-state index < -0.39 is 10.0 Å². The van der Waals surface area contributed by atoms with Crippen LogP contribution >= 0.6 is 0 Å². The molecule has 0 aromatic heterocycles. The second kappa shape index (κ2) is 5.51. The molecule has 0 spiro atoms. The first-order valence-electron chi connectivity index (χ1n) is 3.83. The molecule has 11 heavy (non-hydrogen) atoms. The van der Waals surface area contributed by atoms with E-state index in [1.807, 2.05) is 6.92 Å². The number of unbranched alkanes of at least 4 members (excludes halogenated alkanes) is 1. The van der Waals surface area contributed by atoms with E-state index in [9.17, 15) is 8.42 Å². The molecular formula is C6H16N2O2S. The highest BCUT2D eigenvalue weighted by atomic mass is 32.2. The van der Waals surface area contributed by atoms with Gasteiger partial charge in [-0.2, -0.15) is 0 Å². The first-order chi connectivity index (χ1) is 5.12. The summed E-state index contributed by atoms with van der Waals surface area (Å²) < 4.78 is 25.4. The van der Waals surface area contributed by atoms with Crippen LogP contribution in [0, 0.1) is 0 Å². The smallest absolute Gasteiger partial charge is 0.0723 e. The van der Waals surface area contributed by atoms with Gasteiger partial charge in [-0.25, -0.2) is 8.42 Å². The highest BCUT2D eigenvalue weighted by Gasteiger charge is 1.96. The van der Waals surface area contributed by atoms with Crippen molar-refractivity contribution < 1.29 is 14.2 Å². The van der Waals surface area contributed by atoms with Crippen molar-refractivity contribution >= 4 is 10.0 Å². The predicted octanol–water partition coefficient (Wildman–Crippen LogP) is -0.268. The minimum atomic E-state index is -3.12. The van der Waals surface area contributed by atoms with Crippen molar-refractivity contribution in [3.05, 3.63) is 4.72 Å². The molecular weight excluding hydrogens is 164 g/mol. The molecule has 5 heteroatoms. The van der Waals surface area contributed by atoms with Crippen LogP contribution in [0.15, 0.2) is 0 Å². The highest BCUT2D eigenvalue weighted by molar-refractivity contribution is 7.93. The Balaban J connectivity index is 3.63. The van der Waals surface area contributed by atoms with E-state index in [4.69, 9.17) is 0 Å². The van der Waals surface area contributed by atoms with E-state index in [-0.39, 0.29) is 5.75 Å². The summed E-state index contributed by atoms with van der Waals surface area (Å²) in [5.41, 5.74) is 3.51. The van der Waals surface area contributed by atoms with Gasteiger partial charge in [-0.05, 0) is 6.42 Å². The van der Waals surface area contributed by atoms with Gasteiger partial charge in [-0.3, -0.25) is 0 Å². The summed E-state index contributed by atoms with van der Waals surface area (Å²) in [5.74, 6) is 0.184. The minimum absolute atomic E-state index is 0.184. The molecule has 0 aliphatic carbocycles. The zero-order valence-corrected chi connectivity index (χ0v) is 7.73. The number of rotatable bonds is 6. The molecule has 3 N–H and O–H groups in total. The topological polar surface area (TPSA) is 75.9 Å². The molecule has 0 atom stereocenters. The van der Waals surface area contributed by atoms with Crippen molar-refractivity contribution in [2.24, 2.45) is 0 Å². The minimum Gasteiger partial charge on any atom is -0.544 e. The summed E-state index contributed by atoms with van der Waals surface area (Å²) in [7, 11) is -3.12. The molecule has 4 nitrogen and oxygen atoms in total. The predicted molar refractivity (Wildman–Crippen MR) is 44.7 cm³/mol. The normalized spacial score (nSPS) is 11.8. The second-order valence-corrected chi connectivity index (χ2v) is 4.18. The van der Waals surface area contributed by atoms with E-state index in [1.54, 1.807) is 0 Å². The van der Waals surface area contributed by atoms with Crippen molar-refractivity contribution in [1.29, 1.82) is 0 Å². The largest absolute Gasteiger partial charge is 0.544 e. The lowest BCUT2D eigenvalue weighted by atomic mass is 10.4. The van der Waals surface area contributed by atoms with E-state index in [0.717, 1.165) is 6.42 Å². The Morgan fingerprint density at radius 1 is 1.45 bits per heavy atom. The van der Waals surface area contributed by atoms with Gasteiger partial charge in [0.25, 0.3) is 0 Å². The monoisotopic (exact) mass is 180 g/mol. The van der Waals surface area contributed by atoms with Crippen molar-refractivity contribution in [3.63, 3.8) is 0 Å². The molecule has 0 saturated carbocycles. The van der Waals surface area contributed by atoms with E-state index in [2.05, 4.69) is 10.5 Å². The highest BCUT2D eigenvalue weighted by Crippen LogP contribution is 2.03. The molecule has 0 fully saturated rings. The fourth-order valence-corrected chi connectivity index (χ4v) is 1.78. The van der Waals surface area contributed by atoms with Crippen LogP contribution in [0.2, 0.25) is 0 Å². The Hall–Kier alpha value is -0.130. The molecule has 0 aliphatic rings. The molecule has 0 heterocycles. The first-order valence-corrected chi connectivity index (χ1v) is 5.44. The van der Waals surface area contributed by atoms with Crippen LogP contribution in [0.5, 0.6) is 0 Å². The lowest BCUT2D eigenvalue weighted by molar-refractivity contribution is -0.362. The number of hydrogen-bond donors (Lipinski definition) is 1. The Morgan fingerprint density at radius 3 is 2.55 bits per heavy atom. The number of nitrogens with zero attached hydrogens (tertiary/aromatic N) is 1. The lowest BCUT2D eigenvalue weighted by Gasteiger charge is -2.16. The molecule has 0 radical (unpaired) electrons. The maximum atomic E-state index is 11.0. The quantitative estimate of drug-likeness (QED) is 0.611. The Labute approximate surface area is 68.2 Å². The van der Waals surface area contributed by atoms with Crippen LogP contribution < -0.4 is 5.73 Å². The van der Waals surface area contributed by atoms with Gasteiger partial charge in [0, 0.05) is 5.75 Å². The van der Waals surface area contributed by atoms with Gasteiger partial charge < -0.3 is 10.5 Å². The summed E-state index contributed by atoms with van der Waals surface area (Å²) >= 11 is 0. The van der Waals surface area contributed by atoms with Gasteiger partial charge in [-0.15, -0.1) is 0 Å². The van der Waals surface area contributed by atoms with Crippen LogP contribution in [0.4, 0.5) is 0 Å². The summed E-state index contributed by atoms with van der Waals surface area (Å²) in [4.78, 5) is 0. The Bertz CT molecular complexity index is 163. The second-order valence-electron chi connectivity index (χ2n) is 2.35. The Kier molecular flexibility index (Phi) is 5.45. The van der Waals surface area contributed by atoms with Crippen molar-refractivity contribution in [1.82, 2.24) is 0 Å². The number of hydrogen-bond acceptors (Lipinski definition) is 2. The standard InChI is InChI=1S/C6H15N2O2S/c1-2-3-6-11(9,10)8-5-4-7/h2-7H2,1H3/q-1/p+1. The molecule has 68 valence electrons. The summed E-state index contributed by atoms with van der Waals surface area (Å²) in [5, 5.41) is 0. The maximum absolute atomic E-state index is 11.0. The first kappa shape index (κ1) is 10.9. The van der Waals surface area contributed by atoms with Crippen LogP contribution in [0.25, 0.3) is 4.72 Å². The fourth-order valence-electron chi connectivity index (χ4n) is 0.595. The van der Waals surface area contributed by atoms with Gasteiger partial charge >= 0.3 is 0 Å². The molecule has 0 saturated heterocycles. The SMILES string of the molecule is CCCCS(=O)(=O)[N-]CC[NH3+]. The van der Waals surface area contributed by atoms with Crippen LogP contribution in [0.3, 0.4) is 0 Å². The van der Waals surface area contributed by atoms with Gasteiger partial charge in [-0.1, -0.05) is 19.9 Å². The lowest BCUT2D eigenvalue weighted by Crippen LogP contribution is -2.51. The molecule has 0 bridgehead atoms. The Morgan fingerprint density at radius 2 is 2.09 bits per heavy atom. The van der Waals surface area contributed by atoms with Crippen molar-refractivity contribution in [3.8, 4) is 0 Å². The van der Waals surface area contributed by atoms with Gasteiger partial charge in [0.2, 0.25) is 0 Å². The zero-order valence-electron chi connectivity index (χ0n) is 6.91.